The van der Waals surface area contributed by atoms with Crippen LogP contribution in [0.15, 0.2) is 34.7 Å². The molecule has 0 saturated carbocycles. The molecule has 1 aromatic heterocycles. The Kier molecular flexibility index (Phi) is 7.34. The van der Waals surface area contributed by atoms with Crippen molar-refractivity contribution in [3.63, 3.8) is 0 Å². The molecular formula is C23H26F2N4O3S. The first kappa shape index (κ1) is 24.6. The van der Waals surface area contributed by atoms with Crippen molar-refractivity contribution in [2.75, 3.05) is 26.2 Å². The maximum atomic E-state index is 13.5. The standard InChI is InChI=1S/C23H26F2N4O3S/c1-4-7-29-16(2)12-18(17(29)3)13-19(15-26)23(30)27-8-10-28(11-9-27)33(31,32)20-5-6-21(24)22(25)14-20/h5-6,12-14H,4,7-11H2,1-3H3/b19-13+. The van der Waals surface area contributed by atoms with E-state index in [4.69, 9.17) is 0 Å². The molecule has 0 aliphatic carbocycles. The summed E-state index contributed by atoms with van der Waals surface area (Å²) >= 11 is 0. The summed E-state index contributed by atoms with van der Waals surface area (Å²) in [7, 11) is -4.03. The van der Waals surface area contributed by atoms with E-state index in [1.165, 1.54) is 4.90 Å². The van der Waals surface area contributed by atoms with Crippen molar-refractivity contribution in [3.8, 4) is 6.07 Å². The van der Waals surface area contributed by atoms with Gasteiger partial charge >= 0.3 is 0 Å². The van der Waals surface area contributed by atoms with Crippen molar-refractivity contribution in [2.45, 2.75) is 38.6 Å². The van der Waals surface area contributed by atoms with Gasteiger partial charge in [0, 0.05) is 44.1 Å². The molecule has 1 fully saturated rings. The number of sulfonamides is 1. The molecule has 0 bridgehead atoms. The zero-order valence-electron chi connectivity index (χ0n) is 18.8. The molecule has 1 aliphatic heterocycles. The summed E-state index contributed by atoms with van der Waals surface area (Å²) in [6, 6.07) is 6.32. The quantitative estimate of drug-likeness (QED) is 0.473. The van der Waals surface area contributed by atoms with Crippen LogP contribution in [0.3, 0.4) is 0 Å². The molecule has 1 saturated heterocycles. The van der Waals surface area contributed by atoms with Crippen LogP contribution in [0.4, 0.5) is 8.78 Å². The predicted molar refractivity (Wildman–Crippen MR) is 119 cm³/mol. The van der Waals surface area contributed by atoms with Crippen molar-refractivity contribution in [3.05, 3.63) is 58.4 Å². The van der Waals surface area contributed by atoms with Crippen LogP contribution in [0.25, 0.3) is 6.08 Å². The molecule has 176 valence electrons. The number of benzene rings is 1. The highest BCUT2D eigenvalue weighted by Gasteiger charge is 2.31. The van der Waals surface area contributed by atoms with Crippen molar-refractivity contribution < 1.29 is 22.0 Å². The number of carbonyl (C=O) groups is 1. The minimum Gasteiger partial charge on any atom is -0.349 e. The van der Waals surface area contributed by atoms with Gasteiger partial charge in [0.05, 0.1) is 4.90 Å². The SMILES string of the molecule is CCCn1c(C)cc(/C=C(\C#N)C(=O)N2CCN(S(=O)(=O)c3ccc(F)c(F)c3)CC2)c1C. The normalized spacial score (nSPS) is 15.5. The Morgan fingerprint density at radius 1 is 1.12 bits per heavy atom. The largest absolute Gasteiger partial charge is 0.349 e. The van der Waals surface area contributed by atoms with Crippen molar-refractivity contribution in [1.29, 1.82) is 5.26 Å². The lowest BCUT2D eigenvalue weighted by atomic mass is 10.1. The minimum absolute atomic E-state index is 0.0171. The Morgan fingerprint density at radius 2 is 1.79 bits per heavy atom. The topological polar surface area (TPSA) is 86.4 Å². The van der Waals surface area contributed by atoms with Crippen LogP contribution in [0.5, 0.6) is 0 Å². The molecule has 1 aromatic carbocycles. The number of carbonyl (C=O) groups excluding carboxylic acids is 1. The second-order valence-electron chi connectivity index (χ2n) is 7.92. The van der Waals surface area contributed by atoms with E-state index in [-0.39, 0.29) is 36.6 Å². The Bertz CT molecular complexity index is 1240. The van der Waals surface area contributed by atoms with E-state index in [2.05, 4.69) is 11.5 Å². The Morgan fingerprint density at radius 3 is 2.36 bits per heavy atom. The van der Waals surface area contributed by atoms with Crippen LogP contribution in [-0.4, -0.2) is 54.3 Å². The summed E-state index contributed by atoms with van der Waals surface area (Å²) < 4.78 is 55.4. The maximum absolute atomic E-state index is 13.5. The highest BCUT2D eigenvalue weighted by atomic mass is 32.2. The zero-order chi connectivity index (χ0) is 24.3. The van der Waals surface area contributed by atoms with Gasteiger partial charge in [0.25, 0.3) is 5.91 Å². The first-order chi connectivity index (χ1) is 15.6. The van der Waals surface area contributed by atoms with Gasteiger partial charge in [0.2, 0.25) is 10.0 Å². The monoisotopic (exact) mass is 476 g/mol. The number of piperazine rings is 1. The van der Waals surface area contributed by atoms with Crippen molar-refractivity contribution >= 4 is 22.0 Å². The number of halogens is 2. The van der Waals surface area contributed by atoms with Crippen LogP contribution < -0.4 is 0 Å². The number of nitriles is 1. The molecule has 0 radical (unpaired) electrons. The van der Waals surface area contributed by atoms with Gasteiger partial charge in [-0.2, -0.15) is 9.57 Å². The molecule has 2 heterocycles. The van der Waals surface area contributed by atoms with E-state index in [1.807, 2.05) is 26.0 Å². The van der Waals surface area contributed by atoms with E-state index in [9.17, 15) is 27.3 Å². The van der Waals surface area contributed by atoms with Crippen LogP contribution in [-0.2, 0) is 21.4 Å². The zero-order valence-corrected chi connectivity index (χ0v) is 19.6. The maximum Gasteiger partial charge on any atom is 0.264 e. The molecule has 1 aliphatic rings. The van der Waals surface area contributed by atoms with Crippen LogP contribution in [0.1, 0.15) is 30.3 Å². The fraction of sp³-hybridized carbons (Fsp3) is 0.391. The first-order valence-corrected chi connectivity index (χ1v) is 12.1. The lowest BCUT2D eigenvalue weighted by Crippen LogP contribution is -2.50. The average Bonchev–Trinajstić information content (AvgIpc) is 3.06. The summed E-state index contributed by atoms with van der Waals surface area (Å²) in [4.78, 5) is 14.0. The van der Waals surface area contributed by atoms with Crippen LogP contribution in [0, 0.1) is 36.8 Å². The number of aromatic nitrogens is 1. The fourth-order valence-corrected chi connectivity index (χ4v) is 5.36. The smallest absolute Gasteiger partial charge is 0.264 e. The number of aryl methyl sites for hydroxylation is 1. The first-order valence-electron chi connectivity index (χ1n) is 10.6. The second kappa shape index (κ2) is 9.85. The summed E-state index contributed by atoms with van der Waals surface area (Å²) in [6.07, 6.45) is 2.53. The van der Waals surface area contributed by atoms with E-state index in [1.54, 1.807) is 6.08 Å². The molecular weight excluding hydrogens is 450 g/mol. The van der Waals surface area contributed by atoms with Crippen LogP contribution >= 0.6 is 0 Å². The molecule has 0 atom stereocenters. The Labute approximate surface area is 192 Å². The summed E-state index contributed by atoms with van der Waals surface area (Å²) in [5, 5.41) is 9.59. The molecule has 33 heavy (non-hydrogen) atoms. The number of nitrogens with zero attached hydrogens (tertiary/aromatic N) is 4. The molecule has 1 amide bonds. The van der Waals surface area contributed by atoms with Gasteiger partial charge in [0.15, 0.2) is 11.6 Å². The summed E-state index contributed by atoms with van der Waals surface area (Å²) in [5.74, 6) is -2.84. The van der Waals surface area contributed by atoms with Gasteiger partial charge in [-0.25, -0.2) is 17.2 Å². The van der Waals surface area contributed by atoms with E-state index >= 15 is 0 Å². The number of amides is 1. The van der Waals surface area contributed by atoms with Gasteiger partial charge in [-0.1, -0.05) is 6.92 Å². The number of hydrogen-bond acceptors (Lipinski definition) is 4. The number of rotatable bonds is 6. The summed E-state index contributed by atoms with van der Waals surface area (Å²) in [5.41, 5.74) is 2.78. The van der Waals surface area contributed by atoms with E-state index < -0.39 is 27.6 Å². The van der Waals surface area contributed by atoms with Crippen LogP contribution in [0.2, 0.25) is 0 Å². The fourth-order valence-electron chi connectivity index (χ4n) is 3.93. The van der Waals surface area contributed by atoms with Gasteiger partial charge in [-0.3, -0.25) is 4.79 Å². The lowest BCUT2D eigenvalue weighted by Gasteiger charge is -2.33. The molecule has 0 unspecified atom stereocenters. The highest BCUT2D eigenvalue weighted by Crippen LogP contribution is 2.22. The highest BCUT2D eigenvalue weighted by molar-refractivity contribution is 7.89. The second-order valence-corrected chi connectivity index (χ2v) is 9.86. The minimum atomic E-state index is -4.03. The summed E-state index contributed by atoms with van der Waals surface area (Å²) in [6.45, 7) is 6.95. The molecule has 7 nitrogen and oxygen atoms in total. The van der Waals surface area contributed by atoms with E-state index in [0.717, 1.165) is 46.4 Å². The van der Waals surface area contributed by atoms with Gasteiger partial charge < -0.3 is 9.47 Å². The van der Waals surface area contributed by atoms with E-state index in [0.29, 0.717) is 6.07 Å². The van der Waals surface area contributed by atoms with Crippen molar-refractivity contribution in [2.24, 2.45) is 0 Å². The third-order valence-corrected chi connectivity index (χ3v) is 7.66. The molecule has 3 rings (SSSR count). The number of hydrogen-bond donors (Lipinski definition) is 0. The molecule has 10 heteroatoms. The Balaban J connectivity index is 1.74. The third kappa shape index (κ3) is 4.99. The molecule has 0 N–H and O–H groups in total. The van der Waals surface area contributed by atoms with Gasteiger partial charge in [-0.15, -0.1) is 0 Å². The average molecular weight is 477 g/mol. The Hall–Kier alpha value is -3.03. The molecule has 2 aromatic rings. The third-order valence-electron chi connectivity index (χ3n) is 5.77. The van der Waals surface area contributed by atoms with Gasteiger partial charge in [-0.05, 0) is 56.2 Å². The van der Waals surface area contributed by atoms with Crippen molar-refractivity contribution in [1.82, 2.24) is 13.8 Å². The molecule has 0 spiro atoms. The lowest BCUT2D eigenvalue weighted by molar-refractivity contribution is -0.127. The predicted octanol–water partition coefficient (Wildman–Crippen LogP) is 3.23. The van der Waals surface area contributed by atoms with Gasteiger partial charge in [0.1, 0.15) is 11.6 Å².